The number of carbonyl (C=O) groups is 1. The van der Waals surface area contributed by atoms with Crippen LogP contribution in [0.25, 0.3) is 5.65 Å². The summed E-state index contributed by atoms with van der Waals surface area (Å²) in [7, 11) is 0. The van der Waals surface area contributed by atoms with Crippen LogP contribution in [0.2, 0.25) is 0 Å². The van der Waals surface area contributed by atoms with E-state index in [1.54, 1.807) is 0 Å². The number of hydrogen-bond donors (Lipinski definition) is 1. The summed E-state index contributed by atoms with van der Waals surface area (Å²) in [6.45, 7) is 6.41. The van der Waals surface area contributed by atoms with Crippen LogP contribution in [0.5, 0.6) is 5.75 Å². The molecule has 1 N–H and O–H groups in total. The lowest BCUT2D eigenvalue weighted by atomic mass is 10.1. The molecular weight excluding hydrogens is 302 g/mol. The minimum absolute atomic E-state index is 0.00328. The van der Waals surface area contributed by atoms with Gasteiger partial charge in [0.1, 0.15) is 11.4 Å². The van der Waals surface area contributed by atoms with E-state index in [4.69, 9.17) is 4.74 Å². The Kier molecular flexibility index (Phi) is 4.51. The van der Waals surface area contributed by atoms with Gasteiger partial charge in [0.25, 0.3) is 5.91 Å². The Morgan fingerprint density at radius 2 is 1.96 bits per heavy atom. The van der Waals surface area contributed by atoms with Gasteiger partial charge >= 0.3 is 0 Å². The number of pyridine rings is 1. The van der Waals surface area contributed by atoms with Crippen LogP contribution in [0.3, 0.4) is 0 Å². The van der Waals surface area contributed by atoms with E-state index in [0.717, 1.165) is 33.8 Å². The standard InChI is InChI=1S/C19H21N3O2/c1-13-6-4-8-17(15(13)3)24-12-18(23)20-10-16-11-22-9-5-7-14(2)19(22)21-16/h4-9,11H,10,12H2,1-3H3,(H,20,23). The maximum atomic E-state index is 12.0. The molecule has 124 valence electrons. The summed E-state index contributed by atoms with van der Waals surface area (Å²) in [6.07, 6.45) is 3.87. The van der Waals surface area contributed by atoms with Crippen molar-refractivity contribution in [2.75, 3.05) is 6.61 Å². The molecule has 0 saturated heterocycles. The summed E-state index contributed by atoms with van der Waals surface area (Å²) in [5.74, 6) is 0.582. The number of nitrogens with zero attached hydrogens (tertiary/aromatic N) is 2. The SMILES string of the molecule is Cc1cccc(OCC(=O)NCc2cn3cccc(C)c3n2)c1C. The molecule has 3 aromatic rings. The fourth-order valence-corrected chi connectivity index (χ4v) is 2.55. The third kappa shape index (κ3) is 3.40. The number of imidazole rings is 1. The number of nitrogens with one attached hydrogen (secondary N) is 1. The van der Waals surface area contributed by atoms with Gasteiger partial charge in [-0.3, -0.25) is 4.79 Å². The highest BCUT2D eigenvalue weighted by Crippen LogP contribution is 2.20. The van der Waals surface area contributed by atoms with Crippen molar-refractivity contribution in [3.05, 3.63) is 65.1 Å². The van der Waals surface area contributed by atoms with E-state index in [1.807, 2.05) is 67.9 Å². The van der Waals surface area contributed by atoms with Crippen molar-refractivity contribution in [1.82, 2.24) is 14.7 Å². The van der Waals surface area contributed by atoms with Crippen molar-refractivity contribution in [2.24, 2.45) is 0 Å². The third-order valence-corrected chi connectivity index (χ3v) is 4.11. The zero-order valence-electron chi connectivity index (χ0n) is 14.2. The van der Waals surface area contributed by atoms with Crippen molar-refractivity contribution >= 4 is 11.6 Å². The fraction of sp³-hybridized carbons (Fsp3) is 0.263. The van der Waals surface area contributed by atoms with Gasteiger partial charge in [-0.25, -0.2) is 4.98 Å². The molecule has 0 saturated carbocycles. The van der Waals surface area contributed by atoms with E-state index in [0.29, 0.717) is 6.54 Å². The highest BCUT2D eigenvalue weighted by molar-refractivity contribution is 5.77. The number of hydrogen-bond acceptors (Lipinski definition) is 3. The third-order valence-electron chi connectivity index (χ3n) is 4.11. The van der Waals surface area contributed by atoms with E-state index < -0.39 is 0 Å². The van der Waals surface area contributed by atoms with Gasteiger partial charge in [-0.15, -0.1) is 0 Å². The molecule has 0 radical (unpaired) electrons. The number of amides is 1. The van der Waals surface area contributed by atoms with E-state index in [-0.39, 0.29) is 12.5 Å². The summed E-state index contributed by atoms with van der Waals surface area (Å²) in [4.78, 5) is 16.5. The van der Waals surface area contributed by atoms with E-state index in [2.05, 4.69) is 10.3 Å². The van der Waals surface area contributed by atoms with Gasteiger partial charge in [-0.05, 0) is 49.6 Å². The Balaban J connectivity index is 1.57. The molecule has 0 atom stereocenters. The minimum Gasteiger partial charge on any atom is -0.483 e. The Hall–Kier alpha value is -2.82. The van der Waals surface area contributed by atoms with Gasteiger partial charge in [-0.2, -0.15) is 0 Å². The van der Waals surface area contributed by atoms with Crippen LogP contribution in [0.1, 0.15) is 22.4 Å². The molecule has 24 heavy (non-hydrogen) atoms. The molecule has 3 rings (SSSR count). The van der Waals surface area contributed by atoms with Crippen molar-refractivity contribution in [3.63, 3.8) is 0 Å². The van der Waals surface area contributed by atoms with E-state index >= 15 is 0 Å². The molecule has 0 aliphatic carbocycles. The lowest BCUT2D eigenvalue weighted by Crippen LogP contribution is -2.28. The van der Waals surface area contributed by atoms with Gasteiger partial charge in [0.2, 0.25) is 0 Å². The average molecular weight is 323 g/mol. The summed E-state index contributed by atoms with van der Waals surface area (Å²) in [6, 6.07) is 9.82. The highest BCUT2D eigenvalue weighted by atomic mass is 16.5. The lowest BCUT2D eigenvalue weighted by Gasteiger charge is -2.10. The molecule has 1 aromatic carbocycles. The number of rotatable bonds is 5. The van der Waals surface area contributed by atoms with Crippen LogP contribution < -0.4 is 10.1 Å². The van der Waals surface area contributed by atoms with Gasteiger partial charge in [0.15, 0.2) is 6.61 Å². The zero-order chi connectivity index (χ0) is 17.1. The van der Waals surface area contributed by atoms with Gasteiger partial charge in [-0.1, -0.05) is 18.2 Å². The second-order valence-corrected chi connectivity index (χ2v) is 5.92. The molecule has 0 aliphatic heterocycles. The van der Waals surface area contributed by atoms with E-state index in [9.17, 15) is 4.79 Å². The molecule has 2 heterocycles. The van der Waals surface area contributed by atoms with Crippen LogP contribution in [0, 0.1) is 20.8 Å². The number of aromatic nitrogens is 2. The van der Waals surface area contributed by atoms with Crippen LogP contribution in [-0.2, 0) is 11.3 Å². The topological polar surface area (TPSA) is 55.6 Å². The number of ether oxygens (including phenoxy) is 1. The molecule has 0 aliphatic rings. The van der Waals surface area contributed by atoms with Gasteiger partial charge in [0.05, 0.1) is 12.2 Å². The molecule has 0 unspecified atom stereocenters. The normalized spacial score (nSPS) is 10.8. The first-order valence-corrected chi connectivity index (χ1v) is 7.93. The second kappa shape index (κ2) is 6.74. The number of aryl methyl sites for hydroxylation is 2. The summed E-state index contributed by atoms with van der Waals surface area (Å²) >= 11 is 0. The Bertz CT molecular complexity index is 883. The van der Waals surface area contributed by atoms with Crippen LogP contribution in [0.15, 0.2) is 42.7 Å². The second-order valence-electron chi connectivity index (χ2n) is 5.92. The Labute approximate surface area is 141 Å². The molecule has 5 heteroatoms. The molecule has 1 amide bonds. The fourth-order valence-electron chi connectivity index (χ4n) is 2.55. The Morgan fingerprint density at radius 3 is 2.75 bits per heavy atom. The first-order chi connectivity index (χ1) is 11.5. The molecule has 2 aromatic heterocycles. The predicted octanol–water partition coefficient (Wildman–Crippen LogP) is 2.95. The first kappa shape index (κ1) is 16.1. The predicted molar refractivity (Wildman–Crippen MR) is 93.2 cm³/mol. The molecule has 0 fully saturated rings. The van der Waals surface area contributed by atoms with Crippen LogP contribution in [0.4, 0.5) is 0 Å². The lowest BCUT2D eigenvalue weighted by molar-refractivity contribution is -0.123. The van der Waals surface area contributed by atoms with Crippen LogP contribution in [-0.4, -0.2) is 21.9 Å². The van der Waals surface area contributed by atoms with Crippen molar-refractivity contribution in [2.45, 2.75) is 27.3 Å². The highest BCUT2D eigenvalue weighted by Gasteiger charge is 2.08. The van der Waals surface area contributed by atoms with E-state index in [1.165, 1.54) is 0 Å². The molecule has 0 spiro atoms. The maximum absolute atomic E-state index is 12.0. The summed E-state index contributed by atoms with van der Waals surface area (Å²) in [5.41, 5.74) is 5.04. The Morgan fingerprint density at radius 1 is 1.17 bits per heavy atom. The summed E-state index contributed by atoms with van der Waals surface area (Å²) in [5, 5.41) is 2.84. The monoisotopic (exact) mass is 323 g/mol. The smallest absolute Gasteiger partial charge is 0.258 e. The van der Waals surface area contributed by atoms with Crippen LogP contribution >= 0.6 is 0 Å². The largest absolute Gasteiger partial charge is 0.483 e. The zero-order valence-corrected chi connectivity index (χ0v) is 14.2. The van der Waals surface area contributed by atoms with Gasteiger partial charge < -0.3 is 14.5 Å². The average Bonchev–Trinajstić information content (AvgIpc) is 2.99. The molecular formula is C19H21N3O2. The number of benzene rings is 1. The maximum Gasteiger partial charge on any atom is 0.258 e. The van der Waals surface area contributed by atoms with Crippen molar-refractivity contribution < 1.29 is 9.53 Å². The van der Waals surface area contributed by atoms with Crippen molar-refractivity contribution in [1.29, 1.82) is 0 Å². The quantitative estimate of drug-likeness (QED) is 0.785. The van der Waals surface area contributed by atoms with Crippen molar-refractivity contribution in [3.8, 4) is 5.75 Å². The summed E-state index contributed by atoms with van der Waals surface area (Å²) < 4.78 is 7.57. The molecule has 5 nitrogen and oxygen atoms in total. The first-order valence-electron chi connectivity index (χ1n) is 7.93. The number of carbonyl (C=O) groups excluding carboxylic acids is 1. The minimum atomic E-state index is -0.162. The van der Waals surface area contributed by atoms with Gasteiger partial charge in [0, 0.05) is 12.4 Å². The number of fused-ring (bicyclic) bond motifs is 1. The molecule has 0 bridgehead atoms.